The van der Waals surface area contributed by atoms with Crippen LogP contribution < -0.4 is 4.90 Å². The Morgan fingerprint density at radius 2 is 1.69 bits per heavy atom. The third-order valence-corrected chi connectivity index (χ3v) is 5.13. The Balaban J connectivity index is 1.62. The van der Waals surface area contributed by atoms with E-state index in [4.69, 9.17) is 4.98 Å². The molecule has 2 aromatic carbocycles. The normalized spacial score (nSPS) is 19.7. The Labute approximate surface area is 163 Å². The number of anilines is 1. The minimum atomic E-state index is -4.43. The number of alkyl halides is 3. The van der Waals surface area contributed by atoms with Crippen molar-refractivity contribution >= 4 is 22.9 Å². The molecule has 2 heterocycles. The molecule has 1 atom stereocenters. The summed E-state index contributed by atoms with van der Waals surface area (Å²) in [6.07, 6.45) is -0.676. The van der Waals surface area contributed by atoms with Crippen LogP contribution in [0.3, 0.4) is 0 Å². The number of fused-ring (bicyclic) bond motifs is 1. The summed E-state index contributed by atoms with van der Waals surface area (Å²) in [5, 5.41) is 0. The molecule has 8 heteroatoms. The maximum absolute atomic E-state index is 14.1. The quantitative estimate of drug-likeness (QED) is 0.522. The highest BCUT2D eigenvalue weighted by molar-refractivity contribution is 5.80. The summed E-state index contributed by atoms with van der Waals surface area (Å²) >= 11 is 0. The zero-order chi connectivity index (χ0) is 20.2. The van der Waals surface area contributed by atoms with E-state index >= 15 is 0 Å². The van der Waals surface area contributed by atoms with E-state index in [1.807, 2.05) is 28.8 Å². The van der Waals surface area contributed by atoms with Crippen LogP contribution in [0.1, 0.15) is 36.4 Å². The highest BCUT2D eigenvalue weighted by atomic mass is 19.4. The highest BCUT2D eigenvalue weighted by Gasteiger charge is 2.35. The van der Waals surface area contributed by atoms with Crippen LogP contribution in [0.5, 0.6) is 0 Å². The van der Waals surface area contributed by atoms with Gasteiger partial charge in [-0.1, -0.05) is 12.1 Å². The van der Waals surface area contributed by atoms with Crippen molar-refractivity contribution < 1.29 is 17.6 Å². The number of benzene rings is 2. The number of para-hydroxylation sites is 2. The van der Waals surface area contributed by atoms with Crippen molar-refractivity contribution in [1.29, 1.82) is 0 Å². The lowest BCUT2D eigenvalue weighted by Crippen LogP contribution is -2.30. The molecule has 1 saturated carbocycles. The monoisotopic (exact) mass is 400 g/mol. The molecular weight excluding hydrogens is 384 g/mol. The predicted molar refractivity (Wildman–Crippen MR) is 102 cm³/mol. The number of aliphatic imine (C=N–C) groups is 1. The van der Waals surface area contributed by atoms with Gasteiger partial charge in [0.2, 0.25) is 6.29 Å². The summed E-state index contributed by atoms with van der Waals surface area (Å²) < 4.78 is 54.8. The third-order valence-electron chi connectivity index (χ3n) is 5.13. The maximum Gasteiger partial charge on any atom is 0.416 e. The van der Waals surface area contributed by atoms with Gasteiger partial charge in [-0.15, -0.1) is 0 Å². The molecule has 29 heavy (non-hydrogen) atoms. The number of hydrogen-bond acceptors (Lipinski definition) is 3. The zero-order valence-electron chi connectivity index (χ0n) is 15.1. The van der Waals surface area contributed by atoms with Gasteiger partial charge in [-0.05, 0) is 49.2 Å². The van der Waals surface area contributed by atoms with E-state index in [1.54, 1.807) is 0 Å². The lowest BCUT2D eigenvalue weighted by atomic mass is 10.2. The molecule has 1 aliphatic heterocycles. The van der Waals surface area contributed by atoms with Crippen molar-refractivity contribution in [3.8, 4) is 0 Å². The molecule has 0 N–H and O–H groups in total. The molecule has 148 valence electrons. The van der Waals surface area contributed by atoms with Gasteiger partial charge < -0.3 is 4.90 Å². The topological polar surface area (TPSA) is 33.4 Å². The van der Waals surface area contributed by atoms with Crippen LogP contribution in [0.25, 0.3) is 11.0 Å². The van der Waals surface area contributed by atoms with E-state index in [1.165, 1.54) is 23.2 Å². The molecule has 2 aliphatic rings. The number of halogens is 4. The second-order valence-corrected chi connectivity index (χ2v) is 7.19. The molecule has 4 nitrogen and oxygen atoms in total. The Morgan fingerprint density at radius 1 is 0.966 bits per heavy atom. The van der Waals surface area contributed by atoms with Crippen molar-refractivity contribution in [2.75, 3.05) is 4.90 Å². The number of imidazole rings is 1. The number of rotatable bonds is 3. The molecule has 1 aromatic heterocycles. The summed E-state index contributed by atoms with van der Waals surface area (Å²) in [5.74, 6) is 0.599. The first-order chi connectivity index (χ1) is 13.9. The van der Waals surface area contributed by atoms with Gasteiger partial charge in [0.1, 0.15) is 5.82 Å². The molecule has 0 bridgehead atoms. The second kappa shape index (κ2) is 6.43. The maximum atomic E-state index is 14.1. The van der Waals surface area contributed by atoms with E-state index in [0.717, 1.165) is 48.0 Å². The van der Waals surface area contributed by atoms with Gasteiger partial charge in [0.25, 0.3) is 0 Å². The van der Waals surface area contributed by atoms with E-state index in [2.05, 4.69) is 4.99 Å². The largest absolute Gasteiger partial charge is 0.416 e. The van der Waals surface area contributed by atoms with Crippen LogP contribution in [-0.4, -0.2) is 15.8 Å². The summed E-state index contributed by atoms with van der Waals surface area (Å²) in [6.45, 7) is 0. The van der Waals surface area contributed by atoms with Crippen molar-refractivity contribution in [1.82, 2.24) is 9.55 Å². The molecule has 3 aromatic rings. The number of nitrogens with zero attached hydrogens (tertiary/aromatic N) is 4. The summed E-state index contributed by atoms with van der Waals surface area (Å²) in [6, 6.07) is 12.3. The first-order valence-corrected chi connectivity index (χ1v) is 9.25. The van der Waals surface area contributed by atoms with Crippen LogP contribution >= 0.6 is 0 Å². The van der Waals surface area contributed by atoms with Gasteiger partial charge >= 0.3 is 6.18 Å². The van der Waals surface area contributed by atoms with Crippen LogP contribution in [0, 0.1) is 0 Å². The SMILES string of the molecule is FC1=CN(c2ccc(C(F)(F)F)cc2)C(n2c(C3CC3)nc3ccccc32)N=C1. The van der Waals surface area contributed by atoms with Gasteiger partial charge in [-0.25, -0.2) is 14.4 Å². The van der Waals surface area contributed by atoms with Gasteiger partial charge in [0.15, 0.2) is 5.83 Å². The first-order valence-electron chi connectivity index (χ1n) is 9.25. The highest BCUT2D eigenvalue weighted by Crippen LogP contribution is 2.43. The van der Waals surface area contributed by atoms with Crippen molar-refractivity contribution in [2.45, 2.75) is 31.2 Å². The molecular formula is C21H16F4N4. The Kier molecular flexibility index (Phi) is 3.97. The standard InChI is InChI=1S/C21H16F4N4/c22-15-11-26-20(28(12-15)16-9-7-14(8-10-16)21(23,24)25)29-18-4-2-1-3-17(18)27-19(29)13-5-6-13/h1-4,7-13,20H,5-6H2. The average molecular weight is 400 g/mol. The van der Waals surface area contributed by atoms with E-state index in [9.17, 15) is 17.6 Å². The number of hydrogen-bond donors (Lipinski definition) is 0. The summed E-state index contributed by atoms with van der Waals surface area (Å²) in [5.41, 5.74) is 1.32. The van der Waals surface area contributed by atoms with Gasteiger partial charge in [0, 0.05) is 17.8 Å². The van der Waals surface area contributed by atoms with Crippen molar-refractivity contribution in [3.63, 3.8) is 0 Å². The van der Waals surface area contributed by atoms with Crippen molar-refractivity contribution in [3.05, 3.63) is 71.9 Å². The van der Waals surface area contributed by atoms with E-state index in [-0.39, 0.29) is 0 Å². The molecule has 0 radical (unpaired) electrons. The first kappa shape index (κ1) is 17.9. The van der Waals surface area contributed by atoms with Gasteiger partial charge in [-0.2, -0.15) is 13.2 Å². The van der Waals surface area contributed by atoms with E-state index < -0.39 is 23.9 Å². The van der Waals surface area contributed by atoms with Crippen LogP contribution in [0.2, 0.25) is 0 Å². The van der Waals surface area contributed by atoms with E-state index in [0.29, 0.717) is 11.6 Å². The molecule has 1 fully saturated rings. The molecule has 0 amide bonds. The fraction of sp³-hybridized carbons (Fsp3) is 0.238. The average Bonchev–Trinajstić information content (AvgIpc) is 3.48. The lowest BCUT2D eigenvalue weighted by Gasteiger charge is -2.32. The smallest absolute Gasteiger partial charge is 0.305 e. The molecule has 1 aliphatic carbocycles. The second-order valence-electron chi connectivity index (χ2n) is 7.19. The fourth-order valence-corrected chi connectivity index (χ4v) is 3.60. The van der Waals surface area contributed by atoms with Crippen molar-refractivity contribution in [2.24, 2.45) is 4.99 Å². The number of aromatic nitrogens is 2. The minimum Gasteiger partial charge on any atom is -0.305 e. The van der Waals surface area contributed by atoms with Crippen LogP contribution in [-0.2, 0) is 6.18 Å². The molecule has 5 rings (SSSR count). The Morgan fingerprint density at radius 3 is 2.38 bits per heavy atom. The Bertz CT molecular complexity index is 1120. The van der Waals surface area contributed by atoms with Crippen LogP contribution in [0.15, 0.2) is 65.6 Å². The third kappa shape index (κ3) is 3.18. The summed E-state index contributed by atoms with van der Waals surface area (Å²) in [7, 11) is 0. The fourth-order valence-electron chi connectivity index (χ4n) is 3.60. The Hall–Kier alpha value is -3.16. The molecule has 0 spiro atoms. The number of allylic oxidation sites excluding steroid dienone is 1. The minimum absolute atomic E-state index is 0.308. The molecule has 1 unspecified atom stereocenters. The zero-order valence-corrected chi connectivity index (χ0v) is 15.1. The summed E-state index contributed by atoms with van der Waals surface area (Å²) in [4.78, 5) is 10.6. The lowest BCUT2D eigenvalue weighted by molar-refractivity contribution is -0.137. The predicted octanol–water partition coefficient (Wildman–Crippen LogP) is 5.79. The van der Waals surface area contributed by atoms with Crippen LogP contribution in [0.4, 0.5) is 23.2 Å². The van der Waals surface area contributed by atoms with Gasteiger partial charge in [-0.3, -0.25) is 4.57 Å². The van der Waals surface area contributed by atoms with Gasteiger partial charge in [0.05, 0.1) is 22.8 Å². The molecule has 0 saturated heterocycles.